The lowest BCUT2D eigenvalue weighted by Gasteiger charge is -2.32. The summed E-state index contributed by atoms with van der Waals surface area (Å²) in [7, 11) is 2.14. The Bertz CT molecular complexity index is 427. The molecule has 1 aromatic rings. The summed E-state index contributed by atoms with van der Waals surface area (Å²) in [6, 6.07) is 7.43. The van der Waals surface area contributed by atoms with Crippen molar-refractivity contribution in [2.24, 2.45) is 0 Å². The monoisotopic (exact) mass is 295 g/mol. The van der Waals surface area contributed by atoms with Crippen LogP contribution in [0.2, 0.25) is 0 Å². The van der Waals surface area contributed by atoms with Crippen molar-refractivity contribution < 1.29 is 4.79 Å². The lowest BCUT2D eigenvalue weighted by Crippen LogP contribution is -2.46. The summed E-state index contributed by atoms with van der Waals surface area (Å²) in [4.78, 5) is 16.7. The fraction of sp³-hybridized carbons (Fsp3) is 0.533. The lowest BCUT2D eigenvalue weighted by atomic mass is 10.1. The second-order valence-electron chi connectivity index (χ2n) is 5.23. The highest BCUT2D eigenvalue weighted by atomic mass is 35.5. The van der Waals surface area contributed by atoms with Crippen LogP contribution in [0.25, 0.3) is 0 Å². The van der Waals surface area contributed by atoms with E-state index in [1.165, 1.54) is 0 Å². The average molecular weight is 296 g/mol. The van der Waals surface area contributed by atoms with E-state index >= 15 is 0 Å². The molecule has 0 atom stereocenters. The standard InChI is InChI=1S/C15H22ClN3O/c1-18-8-10-19(11-9-18)7-6-17-15(20)14-4-2-13(12-16)3-5-14/h2-5H,6-12H2,1H3,(H,17,20). The molecule has 1 aliphatic rings. The van der Waals surface area contributed by atoms with Gasteiger partial charge in [0.1, 0.15) is 0 Å². The molecule has 1 aromatic carbocycles. The van der Waals surface area contributed by atoms with Gasteiger partial charge >= 0.3 is 0 Å². The number of likely N-dealkylation sites (N-methyl/N-ethyl adjacent to an activating group) is 1. The van der Waals surface area contributed by atoms with Crippen molar-refractivity contribution in [3.05, 3.63) is 35.4 Å². The molecular formula is C15H22ClN3O. The number of hydrogen-bond acceptors (Lipinski definition) is 3. The Hall–Kier alpha value is -1.10. The smallest absolute Gasteiger partial charge is 0.251 e. The maximum Gasteiger partial charge on any atom is 0.251 e. The molecular weight excluding hydrogens is 274 g/mol. The highest BCUT2D eigenvalue weighted by Crippen LogP contribution is 2.06. The number of nitrogens with zero attached hydrogens (tertiary/aromatic N) is 2. The molecule has 0 aromatic heterocycles. The minimum absolute atomic E-state index is 0.0137. The van der Waals surface area contributed by atoms with E-state index in [2.05, 4.69) is 22.2 Å². The predicted molar refractivity (Wildman–Crippen MR) is 82.3 cm³/mol. The Kier molecular flexibility index (Phi) is 5.83. The van der Waals surface area contributed by atoms with Crippen molar-refractivity contribution in [1.82, 2.24) is 15.1 Å². The van der Waals surface area contributed by atoms with Gasteiger partial charge in [-0.25, -0.2) is 0 Å². The molecule has 2 rings (SSSR count). The highest BCUT2D eigenvalue weighted by Gasteiger charge is 2.13. The Morgan fingerprint density at radius 1 is 1.20 bits per heavy atom. The molecule has 0 radical (unpaired) electrons. The van der Waals surface area contributed by atoms with Crippen LogP contribution < -0.4 is 5.32 Å². The third-order valence-electron chi connectivity index (χ3n) is 3.68. The third-order valence-corrected chi connectivity index (χ3v) is 3.99. The van der Waals surface area contributed by atoms with Crippen LogP contribution in [0, 0.1) is 0 Å². The Morgan fingerprint density at radius 2 is 1.85 bits per heavy atom. The van der Waals surface area contributed by atoms with Crippen molar-refractivity contribution in [3.8, 4) is 0 Å². The number of carbonyl (C=O) groups is 1. The number of amides is 1. The van der Waals surface area contributed by atoms with Crippen LogP contribution in [0.5, 0.6) is 0 Å². The number of rotatable bonds is 5. The molecule has 1 heterocycles. The Morgan fingerprint density at radius 3 is 2.45 bits per heavy atom. The number of alkyl halides is 1. The molecule has 1 fully saturated rings. The molecule has 5 heteroatoms. The van der Waals surface area contributed by atoms with Crippen molar-refractivity contribution in [3.63, 3.8) is 0 Å². The van der Waals surface area contributed by atoms with Gasteiger partial charge in [0.25, 0.3) is 5.91 Å². The maximum atomic E-state index is 12.0. The summed E-state index contributed by atoms with van der Waals surface area (Å²) in [6.07, 6.45) is 0. The van der Waals surface area contributed by atoms with Gasteiger partial charge in [0, 0.05) is 50.7 Å². The van der Waals surface area contributed by atoms with Crippen molar-refractivity contribution >= 4 is 17.5 Å². The number of nitrogens with one attached hydrogen (secondary N) is 1. The second kappa shape index (κ2) is 7.62. The van der Waals surface area contributed by atoms with Gasteiger partial charge in [-0.1, -0.05) is 12.1 Å². The molecule has 1 aliphatic heterocycles. The van der Waals surface area contributed by atoms with Gasteiger partial charge in [0.2, 0.25) is 0 Å². The van der Waals surface area contributed by atoms with Gasteiger partial charge in [-0.15, -0.1) is 11.6 Å². The molecule has 1 amide bonds. The number of piperazine rings is 1. The van der Waals surface area contributed by atoms with Crippen LogP contribution in [-0.2, 0) is 5.88 Å². The first-order valence-electron chi connectivity index (χ1n) is 7.03. The number of hydrogen-bond donors (Lipinski definition) is 1. The molecule has 0 saturated carbocycles. The van der Waals surface area contributed by atoms with Gasteiger partial charge in [0.05, 0.1) is 0 Å². The van der Waals surface area contributed by atoms with E-state index in [1.54, 1.807) is 0 Å². The molecule has 0 spiro atoms. The molecule has 110 valence electrons. The fourth-order valence-electron chi connectivity index (χ4n) is 2.25. The molecule has 0 bridgehead atoms. The van der Waals surface area contributed by atoms with Crippen LogP contribution >= 0.6 is 11.6 Å². The highest BCUT2D eigenvalue weighted by molar-refractivity contribution is 6.17. The Balaban J connectivity index is 1.71. The topological polar surface area (TPSA) is 35.6 Å². The van der Waals surface area contributed by atoms with E-state index in [0.29, 0.717) is 18.0 Å². The van der Waals surface area contributed by atoms with Crippen LogP contribution in [0.15, 0.2) is 24.3 Å². The van der Waals surface area contributed by atoms with Crippen molar-refractivity contribution in [1.29, 1.82) is 0 Å². The first-order valence-corrected chi connectivity index (χ1v) is 7.56. The van der Waals surface area contributed by atoms with Crippen LogP contribution in [-0.4, -0.2) is 62.0 Å². The van der Waals surface area contributed by atoms with Gasteiger partial charge in [0.15, 0.2) is 0 Å². The molecule has 1 saturated heterocycles. The molecule has 0 aliphatic carbocycles. The van der Waals surface area contributed by atoms with E-state index in [1.807, 2.05) is 24.3 Å². The minimum atomic E-state index is -0.0137. The summed E-state index contributed by atoms with van der Waals surface area (Å²) >= 11 is 5.73. The van der Waals surface area contributed by atoms with Crippen molar-refractivity contribution in [2.75, 3.05) is 46.3 Å². The number of halogens is 1. The van der Waals surface area contributed by atoms with Crippen LogP contribution in [0.4, 0.5) is 0 Å². The largest absolute Gasteiger partial charge is 0.351 e. The quantitative estimate of drug-likeness (QED) is 0.834. The van der Waals surface area contributed by atoms with E-state index in [0.717, 1.165) is 38.3 Å². The molecule has 0 unspecified atom stereocenters. The number of benzene rings is 1. The SMILES string of the molecule is CN1CCN(CCNC(=O)c2ccc(CCl)cc2)CC1. The summed E-state index contributed by atoms with van der Waals surface area (Å²) in [5.41, 5.74) is 1.72. The third kappa shape index (κ3) is 4.47. The predicted octanol–water partition coefficient (Wildman–Crippen LogP) is 1.40. The van der Waals surface area contributed by atoms with Crippen LogP contribution in [0.3, 0.4) is 0 Å². The second-order valence-corrected chi connectivity index (χ2v) is 5.50. The summed E-state index contributed by atoms with van der Waals surface area (Å²) < 4.78 is 0. The van der Waals surface area contributed by atoms with E-state index in [-0.39, 0.29) is 5.91 Å². The minimum Gasteiger partial charge on any atom is -0.351 e. The summed E-state index contributed by atoms with van der Waals surface area (Å²) in [5.74, 6) is 0.464. The Labute approximate surface area is 125 Å². The zero-order chi connectivity index (χ0) is 14.4. The van der Waals surface area contributed by atoms with Gasteiger partial charge in [-0.2, -0.15) is 0 Å². The van der Waals surface area contributed by atoms with Crippen molar-refractivity contribution in [2.45, 2.75) is 5.88 Å². The lowest BCUT2D eigenvalue weighted by molar-refractivity contribution is 0.0941. The van der Waals surface area contributed by atoms with E-state index in [4.69, 9.17) is 11.6 Å². The first-order chi connectivity index (χ1) is 9.69. The molecule has 1 N–H and O–H groups in total. The molecule has 20 heavy (non-hydrogen) atoms. The molecule has 4 nitrogen and oxygen atoms in total. The fourth-order valence-corrected chi connectivity index (χ4v) is 2.42. The van der Waals surface area contributed by atoms with Crippen LogP contribution in [0.1, 0.15) is 15.9 Å². The first kappa shape index (κ1) is 15.3. The van der Waals surface area contributed by atoms with E-state index < -0.39 is 0 Å². The maximum absolute atomic E-state index is 12.0. The zero-order valence-corrected chi connectivity index (χ0v) is 12.7. The average Bonchev–Trinajstić information content (AvgIpc) is 2.49. The zero-order valence-electron chi connectivity index (χ0n) is 11.9. The summed E-state index contributed by atoms with van der Waals surface area (Å²) in [6.45, 7) is 5.98. The summed E-state index contributed by atoms with van der Waals surface area (Å²) in [5, 5.41) is 2.97. The van der Waals surface area contributed by atoms with Gasteiger partial charge in [-0.05, 0) is 24.7 Å². The van der Waals surface area contributed by atoms with Gasteiger partial charge in [-0.3, -0.25) is 9.69 Å². The number of carbonyl (C=O) groups excluding carboxylic acids is 1. The van der Waals surface area contributed by atoms with E-state index in [9.17, 15) is 4.79 Å². The normalized spacial score (nSPS) is 17.1. The van der Waals surface area contributed by atoms with Gasteiger partial charge < -0.3 is 10.2 Å².